The molecule has 1 aliphatic heterocycles. The number of pyridine rings is 1. The summed E-state index contributed by atoms with van der Waals surface area (Å²) in [7, 11) is 1.81. The average molecular weight is 337 g/mol. The Hall–Kier alpha value is -3.42. The van der Waals surface area contributed by atoms with Crippen molar-refractivity contribution in [3.05, 3.63) is 41.7 Å². The van der Waals surface area contributed by atoms with Crippen LogP contribution in [0.5, 0.6) is 5.75 Å². The van der Waals surface area contributed by atoms with Crippen molar-refractivity contribution in [3.63, 3.8) is 0 Å². The summed E-state index contributed by atoms with van der Waals surface area (Å²) in [6.45, 7) is 1.87. The Labute approximate surface area is 142 Å². The summed E-state index contributed by atoms with van der Waals surface area (Å²) >= 11 is 0. The number of rotatable bonds is 2. The molecule has 0 bridgehead atoms. The van der Waals surface area contributed by atoms with Gasteiger partial charge in [-0.15, -0.1) is 0 Å². The molecular formula is C17H15N5O3. The molecule has 2 amide bonds. The van der Waals surface area contributed by atoms with Gasteiger partial charge < -0.3 is 15.4 Å². The van der Waals surface area contributed by atoms with E-state index in [1.54, 1.807) is 28.9 Å². The molecule has 2 aromatic heterocycles. The van der Waals surface area contributed by atoms with Crippen LogP contribution in [-0.4, -0.2) is 33.2 Å². The van der Waals surface area contributed by atoms with Gasteiger partial charge in [-0.1, -0.05) is 0 Å². The van der Waals surface area contributed by atoms with Crippen molar-refractivity contribution in [2.75, 3.05) is 17.2 Å². The first kappa shape index (κ1) is 15.1. The lowest BCUT2D eigenvalue weighted by molar-refractivity contribution is -0.118. The molecule has 3 heterocycles. The number of benzene rings is 1. The zero-order valence-corrected chi connectivity index (χ0v) is 13.7. The van der Waals surface area contributed by atoms with Crippen molar-refractivity contribution >= 4 is 34.2 Å². The monoisotopic (exact) mass is 337 g/mol. The van der Waals surface area contributed by atoms with E-state index in [4.69, 9.17) is 4.74 Å². The molecule has 8 heteroatoms. The fraction of sp³-hybridized carbons (Fsp3) is 0.176. The first-order chi connectivity index (χ1) is 12.0. The number of hydrogen-bond acceptors (Lipinski definition) is 5. The molecule has 0 unspecified atom stereocenters. The Kier molecular flexibility index (Phi) is 3.38. The summed E-state index contributed by atoms with van der Waals surface area (Å²) in [6.07, 6.45) is 1.52. The molecule has 126 valence electrons. The van der Waals surface area contributed by atoms with Crippen molar-refractivity contribution in [2.45, 2.75) is 6.92 Å². The normalized spacial score (nSPS) is 13.1. The third-order valence-electron chi connectivity index (χ3n) is 4.00. The van der Waals surface area contributed by atoms with E-state index >= 15 is 0 Å². The molecule has 0 radical (unpaired) electrons. The van der Waals surface area contributed by atoms with Gasteiger partial charge in [0.25, 0.3) is 11.8 Å². The minimum Gasteiger partial charge on any atom is -0.482 e. The molecule has 1 aliphatic rings. The van der Waals surface area contributed by atoms with Gasteiger partial charge in [-0.3, -0.25) is 14.3 Å². The maximum absolute atomic E-state index is 12.5. The second kappa shape index (κ2) is 5.59. The number of carbonyl (C=O) groups excluding carboxylic acids is 2. The van der Waals surface area contributed by atoms with Crippen LogP contribution in [0.4, 0.5) is 11.4 Å². The summed E-state index contributed by atoms with van der Waals surface area (Å²) in [5.41, 5.74) is 3.06. The Bertz CT molecular complexity index is 1020. The van der Waals surface area contributed by atoms with Crippen LogP contribution < -0.4 is 15.4 Å². The smallest absolute Gasteiger partial charge is 0.262 e. The number of hydrogen-bond donors (Lipinski definition) is 2. The predicted molar refractivity (Wildman–Crippen MR) is 91.8 cm³/mol. The van der Waals surface area contributed by atoms with Crippen LogP contribution >= 0.6 is 0 Å². The van der Waals surface area contributed by atoms with Gasteiger partial charge in [0, 0.05) is 24.3 Å². The SMILES string of the molecule is Cc1nn(C)c2ncc(C(=O)Nc3ccc4c(c3)NC(=O)CO4)cc12. The fourth-order valence-electron chi connectivity index (χ4n) is 2.80. The average Bonchev–Trinajstić information content (AvgIpc) is 2.88. The third kappa shape index (κ3) is 2.67. The largest absolute Gasteiger partial charge is 0.482 e. The van der Waals surface area contributed by atoms with Crippen molar-refractivity contribution < 1.29 is 14.3 Å². The Morgan fingerprint density at radius 2 is 2.20 bits per heavy atom. The van der Waals surface area contributed by atoms with Gasteiger partial charge in [-0.05, 0) is 31.2 Å². The van der Waals surface area contributed by atoms with E-state index < -0.39 is 0 Å². The Balaban J connectivity index is 1.61. The summed E-state index contributed by atoms with van der Waals surface area (Å²) in [4.78, 5) is 28.2. The van der Waals surface area contributed by atoms with E-state index in [0.29, 0.717) is 22.7 Å². The number of amides is 2. The Morgan fingerprint density at radius 1 is 1.36 bits per heavy atom. The van der Waals surface area contributed by atoms with Crippen molar-refractivity contribution in [2.24, 2.45) is 7.05 Å². The van der Waals surface area contributed by atoms with E-state index in [2.05, 4.69) is 20.7 Å². The lowest BCUT2D eigenvalue weighted by atomic mass is 10.2. The summed E-state index contributed by atoms with van der Waals surface area (Å²) in [5.74, 6) is 0.0602. The molecule has 0 saturated heterocycles. The zero-order valence-electron chi connectivity index (χ0n) is 13.7. The van der Waals surface area contributed by atoms with Crippen molar-refractivity contribution in [1.29, 1.82) is 0 Å². The number of anilines is 2. The molecular weight excluding hydrogens is 322 g/mol. The van der Waals surface area contributed by atoms with Crippen LogP contribution in [0, 0.1) is 6.92 Å². The Morgan fingerprint density at radius 3 is 3.04 bits per heavy atom. The molecule has 25 heavy (non-hydrogen) atoms. The van der Waals surface area contributed by atoms with Crippen LogP contribution in [0.2, 0.25) is 0 Å². The van der Waals surface area contributed by atoms with Gasteiger partial charge in [0.1, 0.15) is 5.75 Å². The summed E-state index contributed by atoms with van der Waals surface area (Å²) in [5, 5.41) is 10.6. The fourth-order valence-corrected chi connectivity index (χ4v) is 2.80. The number of ether oxygens (including phenoxy) is 1. The number of carbonyl (C=O) groups is 2. The molecule has 1 aromatic carbocycles. The highest BCUT2D eigenvalue weighted by Crippen LogP contribution is 2.30. The van der Waals surface area contributed by atoms with Crippen LogP contribution in [0.15, 0.2) is 30.5 Å². The minimum atomic E-state index is -0.291. The predicted octanol–water partition coefficient (Wildman–Crippen LogP) is 1.86. The van der Waals surface area contributed by atoms with Gasteiger partial charge in [-0.2, -0.15) is 5.10 Å². The lowest BCUT2D eigenvalue weighted by Crippen LogP contribution is -2.25. The standard InChI is InChI=1S/C17H15N5O3/c1-9-12-5-10(7-18-16(12)22(2)21-9)17(24)19-11-3-4-14-13(6-11)20-15(23)8-25-14/h3-7H,8H2,1-2H3,(H,19,24)(H,20,23). The van der Waals surface area contributed by atoms with Crippen LogP contribution in [0.1, 0.15) is 16.1 Å². The summed E-state index contributed by atoms with van der Waals surface area (Å²) in [6, 6.07) is 6.85. The molecule has 0 spiro atoms. The molecule has 0 atom stereocenters. The molecule has 4 rings (SSSR count). The molecule has 0 fully saturated rings. The maximum atomic E-state index is 12.5. The van der Waals surface area contributed by atoms with Crippen molar-refractivity contribution in [1.82, 2.24) is 14.8 Å². The van der Waals surface area contributed by atoms with Gasteiger partial charge >= 0.3 is 0 Å². The third-order valence-corrected chi connectivity index (χ3v) is 4.00. The minimum absolute atomic E-state index is 0.00511. The van der Waals surface area contributed by atoms with E-state index in [1.807, 2.05) is 14.0 Å². The second-order valence-electron chi connectivity index (χ2n) is 5.81. The number of nitrogens with zero attached hydrogens (tertiary/aromatic N) is 3. The summed E-state index contributed by atoms with van der Waals surface area (Å²) < 4.78 is 6.98. The highest BCUT2D eigenvalue weighted by atomic mass is 16.5. The number of fused-ring (bicyclic) bond motifs is 2. The first-order valence-electron chi connectivity index (χ1n) is 7.68. The van der Waals surface area contributed by atoms with Crippen LogP contribution in [0.3, 0.4) is 0 Å². The molecule has 8 nitrogen and oxygen atoms in total. The molecule has 0 aliphatic carbocycles. The van der Waals surface area contributed by atoms with Crippen molar-refractivity contribution in [3.8, 4) is 5.75 Å². The van der Waals surface area contributed by atoms with Crippen LogP contribution in [-0.2, 0) is 11.8 Å². The van der Waals surface area contributed by atoms with E-state index in [-0.39, 0.29) is 18.4 Å². The van der Waals surface area contributed by atoms with Gasteiger partial charge in [0.15, 0.2) is 12.3 Å². The van der Waals surface area contributed by atoms with Gasteiger partial charge in [0.2, 0.25) is 0 Å². The quantitative estimate of drug-likeness (QED) is 0.744. The maximum Gasteiger partial charge on any atom is 0.262 e. The molecule has 2 N–H and O–H groups in total. The molecule has 3 aromatic rings. The highest BCUT2D eigenvalue weighted by molar-refractivity contribution is 6.06. The number of nitrogens with one attached hydrogen (secondary N) is 2. The topological polar surface area (TPSA) is 98.1 Å². The number of aromatic nitrogens is 3. The lowest BCUT2D eigenvalue weighted by Gasteiger charge is -2.18. The van der Waals surface area contributed by atoms with Crippen LogP contribution in [0.25, 0.3) is 11.0 Å². The van der Waals surface area contributed by atoms with E-state index in [0.717, 1.165) is 16.7 Å². The zero-order chi connectivity index (χ0) is 17.6. The van der Waals surface area contributed by atoms with Gasteiger partial charge in [-0.25, -0.2) is 4.98 Å². The van der Waals surface area contributed by atoms with E-state index in [1.165, 1.54) is 6.20 Å². The highest BCUT2D eigenvalue weighted by Gasteiger charge is 2.17. The number of aryl methyl sites for hydroxylation is 2. The van der Waals surface area contributed by atoms with Gasteiger partial charge in [0.05, 0.1) is 16.9 Å². The molecule has 0 saturated carbocycles. The first-order valence-corrected chi connectivity index (χ1v) is 7.68. The second-order valence-corrected chi connectivity index (χ2v) is 5.81. The van der Waals surface area contributed by atoms with E-state index in [9.17, 15) is 9.59 Å².